The first kappa shape index (κ1) is 13.3. The zero-order chi connectivity index (χ0) is 12.3. The van der Waals surface area contributed by atoms with E-state index in [9.17, 15) is 4.79 Å². The fraction of sp³-hybridized carbons (Fsp3) is 0.786. The molecule has 4 unspecified atom stereocenters. The van der Waals surface area contributed by atoms with Crippen molar-refractivity contribution in [2.24, 2.45) is 23.7 Å². The van der Waals surface area contributed by atoms with E-state index >= 15 is 0 Å². The first-order valence-electron chi connectivity index (χ1n) is 6.30. The number of hydrogen-bond acceptors (Lipinski definition) is 1. The Balaban J connectivity index is 2.64. The number of carboxylic acid groups (broad SMARTS) is 1. The molecular weight excluding hydrogens is 200 g/mol. The average Bonchev–Trinajstić information content (AvgIpc) is 2.16. The molecule has 0 saturated heterocycles. The van der Waals surface area contributed by atoms with Crippen LogP contribution in [0.4, 0.5) is 0 Å². The van der Waals surface area contributed by atoms with Gasteiger partial charge in [0.2, 0.25) is 0 Å². The molecule has 0 aromatic rings. The molecule has 2 heteroatoms. The molecule has 0 radical (unpaired) electrons. The van der Waals surface area contributed by atoms with Gasteiger partial charge in [0.1, 0.15) is 0 Å². The van der Waals surface area contributed by atoms with Crippen molar-refractivity contribution >= 4 is 5.97 Å². The van der Waals surface area contributed by atoms with Crippen LogP contribution in [0.25, 0.3) is 0 Å². The predicted molar refractivity (Wildman–Crippen MR) is 66.2 cm³/mol. The molecule has 92 valence electrons. The van der Waals surface area contributed by atoms with Gasteiger partial charge in [-0.25, -0.2) is 0 Å². The molecule has 0 aliphatic heterocycles. The van der Waals surface area contributed by atoms with Crippen molar-refractivity contribution in [3.8, 4) is 0 Å². The highest BCUT2D eigenvalue weighted by Crippen LogP contribution is 2.40. The Hall–Kier alpha value is -0.790. The molecule has 4 atom stereocenters. The van der Waals surface area contributed by atoms with Crippen LogP contribution in [0.2, 0.25) is 0 Å². The first-order chi connectivity index (χ1) is 7.41. The zero-order valence-electron chi connectivity index (χ0n) is 10.7. The molecule has 1 N–H and O–H groups in total. The molecule has 1 rings (SSSR count). The SMILES string of the molecule is C=C(C)C1CCC(C)CC1CC(C)C(=O)O. The summed E-state index contributed by atoms with van der Waals surface area (Å²) in [5.74, 6) is 0.905. The lowest BCUT2D eigenvalue weighted by molar-refractivity contribution is -0.142. The molecule has 16 heavy (non-hydrogen) atoms. The van der Waals surface area contributed by atoms with Gasteiger partial charge in [-0.2, -0.15) is 0 Å². The number of aliphatic carboxylic acids is 1. The van der Waals surface area contributed by atoms with Crippen LogP contribution in [-0.4, -0.2) is 11.1 Å². The van der Waals surface area contributed by atoms with Crippen molar-refractivity contribution in [3.05, 3.63) is 12.2 Å². The van der Waals surface area contributed by atoms with Gasteiger partial charge in [-0.3, -0.25) is 4.79 Å². The lowest BCUT2D eigenvalue weighted by Gasteiger charge is -2.36. The zero-order valence-corrected chi connectivity index (χ0v) is 10.7. The van der Waals surface area contributed by atoms with Gasteiger partial charge in [0.05, 0.1) is 5.92 Å². The number of hydrogen-bond donors (Lipinski definition) is 1. The van der Waals surface area contributed by atoms with Crippen molar-refractivity contribution in [2.75, 3.05) is 0 Å². The van der Waals surface area contributed by atoms with Gasteiger partial charge in [0.25, 0.3) is 0 Å². The van der Waals surface area contributed by atoms with Crippen LogP contribution in [0.5, 0.6) is 0 Å². The van der Waals surface area contributed by atoms with Crippen molar-refractivity contribution in [1.82, 2.24) is 0 Å². The minimum Gasteiger partial charge on any atom is -0.481 e. The third-order valence-corrected chi connectivity index (χ3v) is 3.96. The Kier molecular flexibility index (Phi) is 4.57. The van der Waals surface area contributed by atoms with E-state index in [1.165, 1.54) is 18.4 Å². The summed E-state index contributed by atoms with van der Waals surface area (Å²) in [5.41, 5.74) is 1.23. The van der Waals surface area contributed by atoms with Crippen molar-refractivity contribution < 1.29 is 9.90 Å². The van der Waals surface area contributed by atoms with Gasteiger partial charge in [-0.05, 0) is 43.9 Å². The van der Waals surface area contributed by atoms with E-state index in [0.29, 0.717) is 11.8 Å². The predicted octanol–water partition coefficient (Wildman–Crippen LogP) is 3.73. The molecule has 1 aliphatic rings. The fourth-order valence-electron chi connectivity index (χ4n) is 2.96. The molecule has 0 spiro atoms. The molecule has 0 bridgehead atoms. The summed E-state index contributed by atoms with van der Waals surface area (Å²) in [7, 11) is 0. The fourth-order valence-corrected chi connectivity index (χ4v) is 2.96. The highest BCUT2D eigenvalue weighted by Gasteiger charge is 2.31. The maximum atomic E-state index is 10.9. The average molecular weight is 224 g/mol. The second-order valence-corrected chi connectivity index (χ2v) is 5.61. The minimum absolute atomic E-state index is 0.225. The molecule has 0 heterocycles. The molecule has 0 aromatic carbocycles. The summed E-state index contributed by atoms with van der Waals surface area (Å²) in [6, 6.07) is 0. The van der Waals surface area contributed by atoms with E-state index < -0.39 is 5.97 Å². The third kappa shape index (κ3) is 3.36. The largest absolute Gasteiger partial charge is 0.481 e. The normalized spacial score (nSPS) is 32.1. The van der Waals surface area contributed by atoms with E-state index in [2.05, 4.69) is 20.4 Å². The first-order valence-corrected chi connectivity index (χ1v) is 6.30. The summed E-state index contributed by atoms with van der Waals surface area (Å²) >= 11 is 0. The molecule has 1 saturated carbocycles. The van der Waals surface area contributed by atoms with Crippen LogP contribution in [0, 0.1) is 23.7 Å². The molecule has 1 fully saturated rings. The monoisotopic (exact) mass is 224 g/mol. The molecule has 0 aromatic heterocycles. The number of rotatable bonds is 4. The lowest BCUT2D eigenvalue weighted by Crippen LogP contribution is -2.27. The maximum absolute atomic E-state index is 10.9. The highest BCUT2D eigenvalue weighted by molar-refractivity contribution is 5.69. The summed E-state index contributed by atoms with van der Waals surface area (Å²) in [6.07, 6.45) is 4.41. The summed E-state index contributed by atoms with van der Waals surface area (Å²) in [5, 5.41) is 8.98. The standard InChI is InChI=1S/C14H24O2/c1-9(2)13-6-5-10(3)7-12(13)8-11(4)14(15)16/h10-13H,1,5-8H2,2-4H3,(H,15,16). The van der Waals surface area contributed by atoms with Crippen LogP contribution < -0.4 is 0 Å². The van der Waals surface area contributed by atoms with Gasteiger partial charge in [0, 0.05) is 0 Å². The number of allylic oxidation sites excluding steroid dienone is 1. The van der Waals surface area contributed by atoms with Crippen LogP contribution in [0.15, 0.2) is 12.2 Å². The van der Waals surface area contributed by atoms with E-state index in [0.717, 1.165) is 18.8 Å². The Morgan fingerprint density at radius 1 is 1.50 bits per heavy atom. The summed E-state index contributed by atoms with van der Waals surface area (Å²) in [4.78, 5) is 10.9. The second-order valence-electron chi connectivity index (χ2n) is 5.61. The maximum Gasteiger partial charge on any atom is 0.306 e. The van der Waals surface area contributed by atoms with Crippen molar-refractivity contribution in [1.29, 1.82) is 0 Å². The second kappa shape index (κ2) is 5.51. The smallest absolute Gasteiger partial charge is 0.306 e. The van der Waals surface area contributed by atoms with Gasteiger partial charge in [-0.1, -0.05) is 32.4 Å². The Morgan fingerprint density at radius 2 is 2.12 bits per heavy atom. The van der Waals surface area contributed by atoms with E-state index in [1.54, 1.807) is 0 Å². The Labute approximate surface area is 98.7 Å². The number of carbonyl (C=O) groups is 1. The van der Waals surface area contributed by atoms with Gasteiger partial charge in [0.15, 0.2) is 0 Å². The Morgan fingerprint density at radius 3 is 2.62 bits per heavy atom. The van der Waals surface area contributed by atoms with Crippen molar-refractivity contribution in [3.63, 3.8) is 0 Å². The quantitative estimate of drug-likeness (QED) is 0.739. The lowest BCUT2D eigenvalue weighted by atomic mass is 9.69. The highest BCUT2D eigenvalue weighted by atomic mass is 16.4. The molecule has 1 aliphatic carbocycles. The van der Waals surface area contributed by atoms with Crippen LogP contribution in [-0.2, 0) is 4.79 Å². The summed E-state index contributed by atoms with van der Waals surface area (Å²) < 4.78 is 0. The van der Waals surface area contributed by atoms with Gasteiger partial charge >= 0.3 is 5.97 Å². The molecular formula is C14H24O2. The van der Waals surface area contributed by atoms with E-state index in [-0.39, 0.29) is 5.92 Å². The molecule has 0 amide bonds. The van der Waals surface area contributed by atoms with Crippen LogP contribution in [0.3, 0.4) is 0 Å². The summed E-state index contributed by atoms with van der Waals surface area (Å²) in [6.45, 7) is 10.2. The van der Waals surface area contributed by atoms with E-state index in [4.69, 9.17) is 5.11 Å². The molecule has 2 nitrogen and oxygen atoms in total. The topological polar surface area (TPSA) is 37.3 Å². The van der Waals surface area contributed by atoms with E-state index in [1.807, 2.05) is 6.92 Å². The van der Waals surface area contributed by atoms with Crippen LogP contribution >= 0.6 is 0 Å². The number of carboxylic acids is 1. The Bertz CT molecular complexity index is 270. The van der Waals surface area contributed by atoms with Crippen LogP contribution in [0.1, 0.15) is 46.5 Å². The van der Waals surface area contributed by atoms with Gasteiger partial charge in [-0.15, -0.1) is 0 Å². The van der Waals surface area contributed by atoms with Crippen molar-refractivity contribution in [2.45, 2.75) is 46.5 Å². The van der Waals surface area contributed by atoms with Gasteiger partial charge < -0.3 is 5.11 Å². The minimum atomic E-state index is -0.668. The third-order valence-electron chi connectivity index (χ3n) is 3.96.